The Morgan fingerprint density at radius 2 is 1.81 bits per heavy atom. The highest BCUT2D eigenvalue weighted by Crippen LogP contribution is 2.42. The van der Waals surface area contributed by atoms with Gasteiger partial charge in [-0.25, -0.2) is 4.98 Å². The van der Waals surface area contributed by atoms with E-state index in [-0.39, 0.29) is 18.2 Å². The molecular weight excluding hydrogens is 402 g/mol. The first-order valence-corrected chi connectivity index (χ1v) is 10.5. The van der Waals surface area contributed by atoms with Crippen molar-refractivity contribution in [3.05, 3.63) is 59.2 Å². The van der Waals surface area contributed by atoms with Crippen LogP contribution in [0.3, 0.4) is 0 Å². The number of nitrogens with one attached hydrogen (secondary N) is 2. The van der Waals surface area contributed by atoms with Crippen LogP contribution in [0.15, 0.2) is 57.8 Å². The second kappa shape index (κ2) is 7.87. The second-order valence-corrected chi connectivity index (χ2v) is 8.25. The summed E-state index contributed by atoms with van der Waals surface area (Å²) in [5.41, 5.74) is 0.854. The fourth-order valence-electron chi connectivity index (χ4n) is 2.35. The summed E-state index contributed by atoms with van der Waals surface area (Å²) in [4.78, 5) is 31.8. The fraction of sp³-hybridized carbons (Fsp3) is 0.0556. The zero-order valence-corrected chi connectivity index (χ0v) is 16.2. The highest BCUT2D eigenvalue weighted by atomic mass is 32.1. The zero-order valence-electron chi connectivity index (χ0n) is 13.8. The first-order valence-electron chi connectivity index (χ1n) is 7.91. The first kappa shape index (κ1) is 17.7. The van der Waals surface area contributed by atoms with Crippen molar-refractivity contribution >= 4 is 51.0 Å². The lowest BCUT2D eigenvalue weighted by molar-refractivity contribution is -0.115. The molecule has 0 aliphatic heterocycles. The third-order valence-electron chi connectivity index (χ3n) is 3.53. The van der Waals surface area contributed by atoms with Crippen molar-refractivity contribution in [1.82, 2.24) is 10.3 Å². The van der Waals surface area contributed by atoms with Crippen molar-refractivity contribution in [2.45, 2.75) is 0 Å². The molecule has 27 heavy (non-hydrogen) atoms. The minimum atomic E-state index is -0.437. The molecule has 2 amide bonds. The van der Waals surface area contributed by atoms with Crippen LogP contribution in [0.5, 0.6) is 0 Å². The molecular formula is C18H13N3O3S3. The third kappa shape index (κ3) is 4.00. The zero-order chi connectivity index (χ0) is 18.6. The summed E-state index contributed by atoms with van der Waals surface area (Å²) in [5, 5.41) is 9.78. The Kier molecular flexibility index (Phi) is 5.14. The molecule has 4 aromatic rings. The van der Waals surface area contributed by atoms with Crippen molar-refractivity contribution in [2.75, 3.05) is 11.9 Å². The summed E-state index contributed by atoms with van der Waals surface area (Å²) < 4.78 is 5.00. The van der Waals surface area contributed by atoms with Gasteiger partial charge in [-0.05, 0) is 35.0 Å². The van der Waals surface area contributed by atoms with Gasteiger partial charge in [0.2, 0.25) is 5.91 Å². The number of hydrogen-bond donors (Lipinski definition) is 2. The van der Waals surface area contributed by atoms with Crippen LogP contribution in [-0.4, -0.2) is 23.3 Å². The minimum Gasteiger partial charge on any atom is -0.459 e. The molecule has 0 atom stereocenters. The van der Waals surface area contributed by atoms with Gasteiger partial charge >= 0.3 is 0 Å². The van der Waals surface area contributed by atoms with E-state index in [4.69, 9.17) is 4.42 Å². The Morgan fingerprint density at radius 3 is 2.48 bits per heavy atom. The fourth-order valence-corrected chi connectivity index (χ4v) is 4.98. The Bertz CT molecular complexity index is 984. The smallest absolute Gasteiger partial charge is 0.287 e. The number of thiophene rings is 2. The summed E-state index contributed by atoms with van der Waals surface area (Å²) in [7, 11) is 0. The topological polar surface area (TPSA) is 84.2 Å². The molecule has 4 rings (SSSR count). The van der Waals surface area contributed by atoms with Crippen molar-refractivity contribution in [1.29, 1.82) is 0 Å². The normalized spacial score (nSPS) is 10.7. The number of furan rings is 1. The van der Waals surface area contributed by atoms with Gasteiger partial charge in [-0.3, -0.25) is 9.59 Å². The standard InChI is InChI=1S/C18H13N3O3S3/c22-14(10-19-17(23)11-4-1-7-24-11)20-18-21-15(12-5-2-8-25-12)16(27-18)13-6-3-9-26-13/h1-9H,10H2,(H,19,23)(H,20,21,22). The van der Waals surface area contributed by atoms with E-state index in [1.807, 2.05) is 35.0 Å². The molecule has 6 nitrogen and oxygen atoms in total. The van der Waals surface area contributed by atoms with E-state index in [1.54, 1.807) is 28.7 Å². The lowest BCUT2D eigenvalue weighted by Crippen LogP contribution is -2.32. The first-order chi connectivity index (χ1) is 13.2. The summed E-state index contributed by atoms with van der Waals surface area (Å²) in [6, 6.07) is 11.1. The van der Waals surface area contributed by atoms with Crippen LogP contribution in [-0.2, 0) is 4.79 Å². The van der Waals surface area contributed by atoms with E-state index >= 15 is 0 Å². The lowest BCUT2D eigenvalue weighted by Gasteiger charge is -2.03. The maximum Gasteiger partial charge on any atom is 0.287 e. The molecule has 0 fully saturated rings. The molecule has 0 aliphatic carbocycles. The van der Waals surface area contributed by atoms with Crippen LogP contribution in [0.25, 0.3) is 20.3 Å². The Morgan fingerprint density at radius 1 is 1.04 bits per heavy atom. The van der Waals surface area contributed by atoms with Crippen LogP contribution in [0.1, 0.15) is 10.6 Å². The van der Waals surface area contributed by atoms with E-state index < -0.39 is 5.91 Å². The molecule has 0 aliphatic rings. The van der Waals surface area contributed by atoms with Gasteiger partial charge in [0.25, 0.3) is 5.91 Å². The summed E-state index contributed by atoms with van der Waals surface area (Å²) in [6.45, 7) is -0.165. The number of rotatable bonds is 6. The summed E-state index contributed by atoms with van der Waals surface area (Å²) in [5.74, 6) is -0.621. The lowest BCUT2D eigenvalue weighted by atomic mass is 10.3. The van der Waals surface area contributed by atoms with Gasteiger partial charge in [-0.15, -0.1) is 22.7 Å². The van der Waals surface area contributed by atoms with Crippen molar-refractivity contribution in [2.24, 2.45) is 0 Å². The van der Waals surface area contributed by atoms with Gasteiger partial charge in [0.15, 0.2) is 10.9 Å². The quantitative estimate of drug-likeness (QED) is 0.483. The highest BCUT2D eigenvalue weighted by Gasteiger charge is 2.18. The molecule has 4 heterocycles. The van der Waals surface area contributed by atoms with Crippen LogP contribution in [0.2, 0.25) is 0 Å². The molecule has 136 valence electrons. The molecule has 0 saturated heterocycles. The molecule has 0 spiro atoms. The van der Waals surface area contributed by atoms with Crippen molar-refractivity contribution < 1.29 is 14.0 Å². The van der Waals surface area contributed by atoms with Crippen molar-refractivity contribution in [3.8, 4) is 20.3 Å². The van der Waals surface area contributed by atoms with Crippen LogP contribution in [0, 0.1) is 0 Å². The molecule has 0 bridgehead atoms. The maximum absolute atomic E-state index is 12.2. The average Bonchev–Trinajstić information content (AvgIpc) is 3.46. The molecule has 0 saturated carbocycles. The summed E-state index contributed by atoms with van der Waals surface area (Å²) in [6.07, 6.45) is 1.41. The SMILES string of the molecule is O=C(CNC(=O)c1ccco1)Nc1nc(-c2cccs2)c(-c2cccs2)s1. The van der Waals surface area contributed by atoms with E-state index in [0.717, 1.165) is 20.3 Å². The number of thiazole rings is 1. The maximum atomic E-state index is 12.2. The number of carbonyl (C=O) groups excluding carboxylic acids is 2. The Hall–Kier alpha value is -2.75. The van der Waals surface area contributed by atoms with E-state index in [9.17, 15) is 9.59 Å². The summed E-state index contributed by atoms with van der Waals surface area (Å²) >= 11 is 4.65. The van der Waals surface area contributed by atoms with E-state index in [0.29, 0.717) is 5.13 Å². The van der Waals surface area contributed by atoms with E-state index in [1.165, 1.54) is 23.7 Å². The molecule has 2 N–H and O–H groups in total. The number of hydrogen-bond acceptors (Lipinski definition) is 7. The van der Waals surface area contributed by atoms with Crippen LogP contribution < -0.4 is 10.6 Å². The highest BCUT2D eigenvalue weighted by molar-refractivity contribution is 7.24. The second-order valence-electron chi connectivity index (χ2n) is 5.36. The molecule has 0 aromatic carbocycles. The predicted molar refractivity (Wildman–Crippen MR) is 108 cm³/mol. The van der Waals surface area contributed by atoms with Gasteiger partial charge in [-0.2, -0.15) is 0 Å². The number of amides is 2. The monoisotopic (exact) mass is 415 g/mol. The number of carbonyl (C=O) groups is 2. The van der Waals surface area contributed by atoms with Gasteiger partial charge in [0.05, 0.1) is 22.6 Å². The number of anilines is 1. The van der Waals surface area contributed by atoms with Gasteiger partial charge in [-0.1, -0.05) is 23.5 Å². The minimum absolute atomic E-state index is 0.164. The molecule has 0 radical (unpaired) electrons. The Labute approximate surface area is 166 Å². The van der Waals surface area contributed by atoms with Gasteiger partial charge < -0.3 is 15.1 Å². The molecule has 4 aromatic heterocycles. The van der Waals surface area contributed by atoms with Crippen molar-refractivity contribution in [3.63, 3.8) is 0 Å². The molecule has 9 heteroatoms. The predicted octanol–water partition coefficient (Wildman–Crippen LogP) is 4.56. The third-order valence-corrected chi connectivity index (χ3v) is 6.42. The number of nitrogens with zero attached hydrogens (tertiary/aromatic N) is 1. The average molecular weight is 416 g/mol. The largest absolute Gasteiger partial charge is 0.459 e. The number of aromatic nitrogens is 1. The molecule has 0 unspecified atom stereocenters. The van der Waals surface area contributed by atoms with E-state index in [2.05, 4.69) is 15.6 Å². The van der Waals surface area contributed by atoms with Crippen LogP contribution >= 0.6 is 34.0 Å². The van der Waals surface area contributed by atoms with Gasteiger partial charge in [0.1, 0.15) is 5.69 Å². The Balaban J connectivity index is 1.48. The van der Waals surface area contributed by atoms with Gasteiger partial charge in [0, 0.05) is 4.88 Å². The van der Waals surface area contributed by atoms with Crippen LogP contribution in [0.4, 0.5) is 5.13 Å².